The fourth-order valence-electron chi connectivity index (χ4n) is 1.38. The topological polar surface area (TPSA) is 35.5 Å². The molecule has 1 aromatic rings. The smallest absolute Gasteiger partial charge is 0.191 e. The van der Waals surface area contributed by atoms with Gasteiger partial charge in [0.15, 0.2) is 5.78 Å². The molecule has 0 aliphatic rings. The average molecular weight is 272 g/mol. The molecule has 0 spiro atoms. The van der Waals surface area contributed by atoms with Crippen LogP contribution in [0.3, 0.4) is 0 Å². The summed E-state index contributed by atoms with van der Waals surface area (Å²) in [6.07, 6.45) is 0.614. The molecule has 0 radical (unpaired) electrons. The zero-order chi connectivity index (χ0) is 14.5. The third-order valence-corrected chi connectivity index (χ3v) is 2.87. The fourth-order valence-corrected chi connectivity index (χ4v) is 1.38. The molecule has 0 aliphatic carbocycles. The van der Waals surface area contributed by atoms with Gasteiger partial charge in [-0.1, -0.05) is 0 Å². The van der Waals surface area contributed by atoms with Crippen LogP contribution < -0.4 is 0 Å². The number of methoxy groups -OCH3 is 1. The summed E-state index contributed by atoms with van der Waals surface area (Å²) in [5.74, 6) is -2.09. The molecule has 0 atom stereocenters. The minimum absolute atomic E-state index is 0.160. The van der Waals surface area contributed by atoms with Crippen molar-refractivity contribution in [2.75, 3.05) is 20.3 Å². The molecule has 1 aromatic carbocycles. The van der Waals surface area contributed by atoms with Gasteiger partial charge in [-0.25, -0.2) is 8.78 Å². The fraction of sp³-hybridized carbons (Fsp3) is 0.500. The number of carbonyl (C=O) groups excluding carboxylic acids is 1. The summed E-state index contributed by atoms with van der Waals surface area (Å²) in [4.78, 5) is 11.7. The average Bonchev–Trinajstić information content (AvgIpc) is 2.34. The summed E-state index contributed by atoms with van der Waals surface area (Å²) < 4.78 is 36.4. The van der Waals surface area contributed by atoms with Gasteiger partial charge in [0, 0.05) is 19.8 Å². The summed E-state index contributed by atoms with van der Waals surface area (Å²) >= 11 is 0. The Bertz CT molecular complexity index is 444. The zero-order valence-corrected chi connectivity index (χ0v) is 11.3. The van der Waals surface area contributed by atoms with Crippen LogP contribution in [0, 0.1) is 11.6 Å². The standard InChI is InChI=1S/C14H18F2O3/c1-14(2,18-3)6-7-19-9-13(17)11-5-4-10(15)8-12(11)16/h4-5,8H,6-7,9H2,1-3H3. The van der Waals surface area contributed by atoms with Gasteiger partial charge in [-0.15, -0.1) is 0 Å². The zero-order valence-electron chi connectivity index (χ0n) is 11.3. The maximum absolute atomic E-state index is 13.3. The number of carbonyl (C=O) groups is 1. The molecule has 0 fully saturated rings. The first kappa shape index (κ1) is 15.7. The van der Waals surface area contributed by atoms with Crippen LogP contribution in [0.5, 0.6) is 0 Å². The minimum Gasteiger partial charge on any atom is -0.379 e. The van der Waals surface area contributed by atoms with Gasteiger partial charge in [-0.05, 0) is 32.4 Å². The Morgan fingerprint density at radius 3 is 2.58 bits per heavy atom. The van der Waals surface area contributed by atoms with Crippen molar-refractivity contribution in [2.24, 2.45) is 0 Å². The van der Waals surface area contributed by atoms with Crippen LogP contribution in [0.2, 0.25) is 0 Å². The van der Waals surface area contributed by atoms with E-state index in [-0.39, 0.29) is 17.8 Å². The first-order chi connectivity index (χ1) is 8.85. The van der Waals surface area contributed by atoms with Crippen LogP contribution in [-0.4, -0.2) is 31.7 Å². The monoisotopic (exact) mass is 272 g/mol. The molecule has 0 saturated heterocycles. The highest BCUT2D eigenvalue weighted by Gasteiger charge is 2.17. The molecule has 0 saturated carbocycles. The molecule has 3 nitrogen and oxygen atoms in total. The Labute approximate surface area is 111 Å². The van der Waals surface area contributed by atoms with Crippen molar-refractivity contribution in [3.63, 3.8) is 0 Å². The molecule has 19 heavy (non-hydrogen) atoms. The summed E-state index contributed by atoms with van der Waals surface area (Å²) in [5, 5.41) is 0. The van der Waals surface area contributed by atoms with Crippen molar-refractivity contribution in [1.82, 2.24) is 0 Å². The molecule has 0 aromatic heterocycles. The quantitative estimate of drug-likeness (QED) is 0.565. The van der Waals surface area contributed by atoms with Gasteiger partial charge in [0.2, 0.25) is 0 Å². The van der Waals surface area contributed by atoms with E-state index in [0.717, 1.165) is 12.1 Å². The molecule has 0 N–H and O–H groups in total. The van der Waals surface area contributed by atoms with Gasteiger partial charge in [0.1, 0.15) is 18.2 Å². The first-order valence-corrected chi connectivity index (χ1v) is 5.97. The van der Waals surface area contributed by atoms with Crippen LogP contribution in [0.4, 0.5) is 8.78 Å². The molecule has 0 amide bonds. The molecule has 0 bridgehead atoms. The predicted molar refractivity (Wildman–Crippen MR) is 67.2 cm³/mol. The molecule has 5 heteroatoms. The second-order valence-corrected chi connectivity index (χ2v) is 4.81. The second kappa shape index (κ2) is 6.73. The summed E-state index contributed by atoms with van der Waals surface area (Å²) in [6, 6.07) is 2.85. The Hall–Kier alpha value is -1.33. The number of rotatable bonds is 7. The van der Waals surface area contributed by atoms with E-state index in [0.29, 0.717) is 19.1 Å². The van der Waals surface area contributed by atoms with E-state index in [1.807, 2.05) is 13.8 Å². The first-order valence-electron chi connectivity index (χ1n) is 5.97. The Kier molecular flexibility index (Phi) is 5.57. The number of ether oxygens (including phenoxy) is 2. The van der Waals surface area contributed by atoms with Crippen molar-refractivity contribution < 1.29 is 23.0 Å². The SMILES string of the molecule is COC(C)(C)CCOCC(=O)c1ccc(F)cc1F. The van der Waals surface area contributed by atoms with Crippen molar-refractivity contribution in [2.45, 2.75) is 25.9 Å². The number of hydrogen-bond donors (Lipinski definition) is 0. The number of Topliss-reactive ketones (excluding diaryl/α,β-unsaturated/α-hetero) is 1. The lowest BCUT2D eigenvalue weighted by atomic mass is 10.1. The lowest BCUT2D eigenvalue weighted by molar-refractivity contribution is -0.00840. The van der Waals surface area contributed by atoms with E-state index in [2.05, 4.69) is 0 Å². The maximum Gasteiger partial charge on any atom is 0.191 e. The molecule has 106 valence electrons. The van der Waals surface area contributed by atoms with Crippen LogP contribution in [-0.2, 0) is 9.47 Å². The Morgan fingerprint density at radius 2 is 2.00 bits per heavy atom. The van der Waals surface area contributed by atoms with Crippen LogP contribution in [0.25, 0.3) is 0 Å². The van der Waals surface area contributed by atoms with Crippen molar-refractivity contribution in [1.29, 1.82) is 0 Å². The highest BCUT2D eigenvalue weighted by molar-refractivity contribution is 5.97. The highest BCUT2D eigenvalue weighted by atomic mass is 19.1. The molecular formula is C14H18F2O3. The number of benzene rings is 1. The highest BCUT2D eigenvalue weighted by Crippen LogP contribution is 2.13. The van der Waals surface area contributed by atoms with Crippen molar-refractivity contribution >= 4 is 5.78 Å². The van der Waals surface area contributed by atoms with Gasteiger partial charge in [0.25, 0.3) is 0 Å². The molecular weight excluding hydrogens is 254 g/mol. The van der Waals surface area contributed by atoms with E-state index >= 15 is 0 Å². The van der Waals surface area contributed by atoms with E-state index < -0.39 is 17.4 Å². The molecule has 0 unspecified atom stereocenters. The van der Waals surface area contributed by atoms with Crippen molar-refractivity contribution in [3.05, 3.63) is 35.4 Å². The molecule has 1 rings (SSSR count). The maximum atomic E-state index is 13.3. The van der Waals surface area contributed by atoms with Gasteiger partial charge in [-0.2, -0.15) is 0 Å². The van der Waals surface area contributed by atoms with E-state index in [1.54, 1.807) is 7.11 Å². The minimum atomic E-state index is -0.870. The number of halogens is 2. The summed E-state index contributed by atoms with van der Waals surface area (Å²) in [5.41, 5.74) is -0.489. The van der Waals surface area contributed by atoms with Crippen LogP contribution >= 0.6 is 0 Å². The van der Waals surface area contributed by atoms with E-state index in [9.17, 15) is 13.6 Å². The third-order valence-electron chi connectivity index (χ3n) is 2.87. The number of hydrogen-bond acceptors (Lipinski definition) is 3. The van der Waals surface area contributed by atoms with Gasteiger partial charge < -0.3 is 9.47 Å². The normalized spacial score (nSPS) is 11.6. The van der Waals surface area contributed by atoms with Gasteiger partial charge in [-0.3, -0.25) is 4.79 Å². The Balaban J connectivity index is 2.44. The third kappa shape index (κ3) is 5.04. The lowest BCUT2D eigenvalue weighted by Crippen LogP contribution is -2.25. The van der Waals surface area contributed by atoms with Crippen LogP contribution in [0.1, 0.15) is 30.6 Å². The Morgan fingerprint density at radius 1 is 1.32 bits per heavy atom. The van der Waals surface area contributed by atoms with Crippen molar-refractivity contribution in [3.8, 4) is 0 Å². The van der Waals surface area contributed by atoms with Crippen LogP contribution in [0.15, 0.2) is 18.2 Å². The van der Waals surface area contributed by atoms with E-state index in [1.165, 1.54) is 0 Å². The summed E-state index contributed by atoms with van der Waals surface area (Å²) in [6.45, 7) is 3.90. The predicted octanol–water partition coefficient (Wildman–Crippen LogP) is 2.98. The van der Waals surface area contributed by atoms with Gasteiger partial charge >= 0.3 is 0 Å². The summed E-state index contributed by atoms with van der Waals surface area (Å²) in [7, 11) is 1.60. The largest absolute Gasteiger partial charge is 0.379 e. The van der Waals surface area contributed by atoms with Gasteiger partial charge in [0.05, 0.1) is 11.2 Å². The lowest BCUT2D eigenvalue weighted by Gasteiger charge is -2.22. The van der Waals surface area contributed by atoms with E-state index in [4.69, 9.17) is 9.47 Å². The molecule has 0 aliphatic heterocycles. The molecule has 0 heterocycles. The number of ketones is 1. The second-order valence-electron chi connectivity index (χ2n) is 4.81.